The summed E-state index contributed by atoms with van der Waals surface area (Å²) >= 11 is 0. The second kappa shape index (κ2) is 10.3. The molecule has 4 nitrogen and oxygen atoms in total. The van der Waals surface area contributed by atoms with Crippen LogP contribution in [0.1, 0.15) is 29.8 Å². The number of carbonyl (C=O) groups excluding carboxylic acids is 1. The Morgan fingerprint density at radius 1 is 0.897 bits per heavy atom. The number of hydrogen-bond acceptors (Lipinski definition) is 3. The molecule has 0 saturated carbocycles. The number of nitrogens with one attached hydrogen (secondary N) is 1. The maximum Gasteiger partial charge on any atom is 0.259 e. The lowest BCUT2D eigenvalue weighted by molar-refractivity contribution is 0.102. The fraction of sp³-hybridized carbons (Fsp3) is 0.240. The normalized spacial score (nSPS) is 10.6. The Labute approximate surface area is 172 Å². The highest BCUT2D eigenvalue weighted by Gasteiger charge is 2.13. The molecule has 0 aromatic heterocycles. The highest BCUT2D eigenvalue weighted by Crippen LogP contribution is 2.22. The molecule has 0 atom stereocenters. The molecule has 0 bridgehead atoms. The summed E-state index contributed by atoms with van der Waals surface area (Å²) in [4.78, 5) is 12.8. The molecule has 1 N–H and O–H groups in total. The minimum Gasteiger partial charge on any atom is -0.493 e. The first-order valence-electron chi connectivity index (χ1n) is 9.92. The van der Waals surface area contributed by atoms with Crippen LogP contribution in [0.4, 0.5) is 5.69 Å². The molecule has 0 radical (unpaired) electrons. The third-order valence-electron chi connectivity index (χ3n) is 4.30. The van der Waals surface area contributed by atoms with Gasteiger partial charge in [0, 0.05) is 18.2 Å². The van der Waals surface area contributed by atoms with Gasteiger partial charge in [-0.05, 0) is 35.7 Å². The van der Waals surface area contributed by atoms with Crippen molar-refractivity contribution in [1.29, 1.82) is 0 Å². The fourth-order valence-electron chi connectivity index (χ4n) is 2.83. The van der Waals surface area contributed by atoms with Crippen LogP contribution < -0.4 is 14.8 Å². The van der Waals surface area contributed by atoms with Gasteiger partial charge < -0.3 is 14.8 Å². The van der Waals surface area contributed by atoms with Crippen LogP contribution in [0.3, 0.4) is 0 Å². The maximum atomic E-state index is 12.8. The zero-order chi connectivity index (χ0) is 20.5. The molecule has 0 aliphatic heterocycles. The van der Waals surface area contributed by atoms with E-state index in [0.29, 0.717) is 36.1 Å². The third kappa shape index (κ3) is 6.39. The van der Waals surface area contributed by atoms with Crippen LogP contribution in [0, 0.1) is 5.92 Å². The number of benzene rings is 3. The van der Waals surface area contributed by atoms with Gasteiger partial charge in [0.05, 0.1) is 18.8 Å². The summed E-state index contributed by atoms with van der Waals surface area (Å²) in [6.45, 7) is 5.34. The number of para-hydroxylation sites is 1. The van der Waals surface area contributed by atoms with Gasteiger partial charge in [0.15, 0.2) is 0 Å². The van der Waals surface area contributed by atoms with Crippen LogP contribution >= 0.6 is 0 Å². The largest absolute Gasteiger partial charge is 0.493 e. The molecule has 0 aliphatic carbocycles. The highest BCUT2D eigenvalue weighted by atomic mass is 16.5. The van der Waals surface area contributed by atoms with Gasteiger partial charge in [-0.1, -0.05) is 62.4 Å². The summed E-state index contributed by atoms with van der Waals surface area (Å²) in [5, 5.41) is 2.94. The van der Waals surface area contributed by atoms with Gasteiger partial charge in [0.1, 0.15) is 11.5 Å². The minimum atomic E-state index is -0.207. The molecule has 3 aromatic carbocycles. The molecule has 3 aromatic rings. The number of ether oxygens (including phenoxy) is 2. The van der Waals surface area contributed by atoms with Crippen LogP contribution in [0.15, 0.2) is 78.9 Å². The van der Waals surface area contributed by atoms with E-state index in [-0.39, 0.29) is 5.91 Å². The summed E-state index contributed by atoms with van der Waals surface area (Å²) in [6, 6.07) is 24.9. The number of anilines is 1. The number of carbonyl (C=O) groups is 1. The van der Waals surface area contributed by atoms with Crippen molar-refractivity contribution in [3.05, 3.63) is 90.0 Å². The average molecular weight is 389 g/mol. The van der Waals surface area contributed by atoms with E-state index in [4.69, 9.17) is 9.47 Å². The summed E-state index contributed by atoms with van der Waals surface area (Å²) in [7, 11) is 0. The zero-order valence-electron chi connectivity index (χ0n) is 16.9. The lowest BCUT2D eigenvalue weighted by Gasteiger charge is -2.13. The lowest BCUT2D eigenvalue weighted by atomic mass is 10.1. The van der Waals surface area contributed by atoms with Gasteiger partial charge in [0.2, 0.25) is 0 Å². The van der Waals surface area contributed by atoms with Crippen LogP contribution in [0.5, 0.6) is 11.5 Å². The van der Waals surface area contributed by atoms with Gasteiger partial charge in [-0.25, -0.2) is 0 Å². The Kier molecular flexibility index (Phi) is 7.28. The molecule has 0 aliphatic rings. The molecule has 0 spiro atoms. The molecule has 29 heavy (non-hydrogen) atoms. The van der Waals surface area contributed by atoms with E-state index in [9.17, 15) is 4.79 Å². The zero-order valence-corrected chi connectivity index (χ0v) is 16.9. The summed E-state index contributed by atoms with van der Waals surface area (Å²) in [5.41, 5.74) is 2.40. The van der Waals surface area contributed by atoms with E-state index in [1.807, 2.05) is 60.7 Å². The van der Waals surface area contributed by atoms with E-state index >= 15 is 0 Å². The van der Waals surface area contributed by atoms with Crippen molar-refractivity contribution in [1.82, 2.24) is 0 Å². The van der Waals surface area contributed by atoms with Gasteiger partial charge >= 0.3 is 0 Å². The SMILES string of the molecule is CC(C)COc1cccc(NC(=O)c2ccccc2OCCc2ccccc2)c1. The van der Waals surface area contributed by atoms with Gasteiger partial charge in [-0.2, -0.15) is 0 Å². The second-order valence-corrected chi connectivity index (χ2v) is 7.27. The van der Waals surface area contributed by atoms with Crippen molar-refractivity contribution in [2.75, 3.05) is 18.5 Å². The Morgan fingerprint density at radius 2 is 1.66 bits per heavy atom. The average Bonchev–Trinajstić information content (AvgIpc) is 2.73. The molecule has 4 heteroatoms. The van der Waals surface area contributed by atoms with Crippen molar-refractivity contribution in [3.63, 3.8) is 0 Å². The third-order valence-corrected chi connectivity index (χ3v) is 4.30. The first-order valence-corrected chi connectivity index (χ1v) is 9.92. The van der Waals surface area contributed by atoms with Crippen LogP contribution in [-0.2, 0) is 6.42 Å². The number of amides is 1. The van der Waals surface area contributed by atoms with Crippen molar-refractivity contribution < 1.29 is 14.3 Å². The van der Waals surface area contributed by atoms with E-state index in [2.05, 4.69) is 31.3 Å². The summed E-state index contributed by atoms with van der Waals surface area (Å²) < 4.78 is 11.6. The molecule has 3 rings (SSSR count). The second-order valence-electron chi connectivity index (χ2n) is 7.27. The molecule has 0 heterocycles. The first kappa shape index (κ1) is 20.5. The fourth-order valence-corrected chi connectivity index (χ4v) is 2.83. The van der Waals surface area contributed by atoms with Crippen molar-refractivity contribution in [3.8, 4) is 11.5 Å². The molecule has 150 valence electrons. The quantitative estimate of drug-likeness (QED) is 0.518. The van der Waals surface area contributed by atoms with Crippen LogP contribution in [-0.4, -0.2) is 19.1 Å². The Bertz CT molecular complexity index is 922. The van der Waals surface area contributed by atoms with Gasteiger partial charge in [0.25, 0.3) is 5.91 Å². The van der Waals surface area contributed by atoms with Crippen molar-refractivity contribution in [2.24, 2.45) is 5.92 Å². The minimum absolute atomic E-state index is 0.207. The molecule has 0 unspecified atom stereocenters. The van der Waals surface area contributed by atoms with E-state index in [1.54, 1.807) is 6.07 Å². The Hall–Kier alpha value is -3.27. The van der Waals surface area contributed by atoms with E-state index < -0.39 is 0 Å². The Morgan fingerprint density at radius 3 is 2.45 bits per heavy atom. The van der Waals surface area contributed by atoms with Crippen molar-refractivity contribution in [2.45, 2.75) is 20.3 Å². The van der Waals surface area contributed by atoms with Gasteiger partial charge in [-0.3, -0.25) is 4.79 Å². The highest BCUT2D eigenvalue weighted by molar-refractivity contribution is 6.06. The smallest absolute Gasteiger partial charge is 0.259 e. The predicted octanol–water partition coefficient (Wildman–Crippen LogP) is 5.60. The molecule has 1 amide bonds. The van der Waals surface area contributed by atoms with Gasteiger partial charge in [-0.15, -0.1) is 0 Å². The molecule has 0 saturated heterocycles. The first-order chi connectivity index (χ1) is 14.1. The van der Waals surface area contributed by atoms with Crippen LogP contribution in [0.2, 0.25) is 0 Å². The van der Waals surface area contributed by atoms with E-state index in [0.717, 1.165) is 12.2 Å². The maximum absolute atomic E-state index is 12.8. The number of rotatable bonds is 9. The van der Waals surface area contributed by atoms with Crippen LogP contribution in [0.25, 0.3) is 0 Å². The Balaban J connectivity index is 1.63. The predicted molar refractivity (Wildman–Crippen MR) is 117 cm³/mol. The topological polar surface area (TPSA) is 47.6 Å². The lowest BCUT2D eigenvalue weighted by Crippen LogP contribution is -2.14. The standard InChI is InChI=1S/C25H27NO3/c1-19(2)18-29-22-12-8-11-21(17-22)26-25(27)23-13-6-7-14-24(23)28-16-15-20-9-4-3-5-10-20/h3-14,17,19H,15-16,18H2,1-2H3,(H,26,27). The number of hydrogen-bond donors (Lipinski definition) is 1. The summed E-state index contributed by atoms with van der Waals surface area (Å²) in [6.07, 6.45) is 0.784. The molecular formula is C25H27NO3. The molecule has 0 fully saturated rings. The monoisotopic (exact) mass is 389 g/mol. The van der Waals surface area contributed by atoms with E-state index in [1.165, 1.54) is 5.56 Å². The summed E-state index contributed by atoms with van der Waals surface area (Å²) in [5.74, 6) is 1.55. The molecular weight excluding hydrogens is 362 g/mol. The van der Waals surface area contributed by atoms with Crippen molar-refractivity contribution >= 4 is 11.6 Å².